The number of hydrogen-bond acceptors (Lipinski definition) is 16. The molecule has 0 aromatic carbocycles. The van der Waals surface area contributed by atoms with E-state index in [0.717, 1.165) is 0 Å². The lowest BCUT2D eigenvalue weighted by Crippen LogP contribution is -2.64. The summed E-state index contributed by atoms with van der Waals surface area (Å²) in [4.78, 5) is 102. The highest BCUT2D eigenvalue weighted by atomic mass is 16.6. The number of nitrogens with one attached hydrogen (secondary N) is 7. The molecule has 1 fully saturated rings. The van der Waals surface area contributed by atoms with Crippen molar-refractivity contribution in [2.75, 3.05) is 65.9 Å². The second-order valence-electron chi connectivity index (χ2n) is 16.2. The average molecular weight is 948 g/mol. The highest BCUT2D eigenvalue weighted by Gasteiger charge is 2.47. The molecule has 10 atom stereocenters. The molecular weight excluding hydrogens is 871 g/mol. The molecular formula is C43H77N7O16. The van der Waals surface area contributed by atoms with Gasteiger partial charge in [0.15, 0.2) is 6.10 Å². The van der Waals surface area contributed by atoms with E-state index < -0.39 is 102 Å². The van der Waals surface area contributed by atoms with E-state index in [9.17, 15) is 53.7 Å². The number of ether oxygens (including phenoxy) is 5. The third-order valence-electron chi connectivity index (χ3n) is 10.3. The van der Waals surface area contributed by atoms with E-state index in [0.29, 0.717) is 52.5 Å². The summed E-state index contributed by atoms with van der Waals surface area (Å²) in [6, 6.07) is -5.56. The Bertz CT molecular complexity index is 1520. The van der Waals surface area contributed by atoms with Gasteiger partial charge in [0.25, 0.3) is 5.91 Å². The minimum atomic E-state index is -1.87. The maximum Gasteiger partial charge on any atom is 0.252 e. The first-order valence-corrected chi connectivity index (χ1v) is 22.9. The first-order valence-electron chi connectivity index (χ1n) is 22.9. The monoisotopic (exact) mass is 948 g/mol. The molecule has 66 heavy (non-hydrogen) atoms. The lowest BCUT2D eigenvalue weighted by Gasteiger charge is -2.40. The molecule has 23 heteroatoms. The second kappa shape index (κ2) is 33.2. The number of hydrogen-bond donors (Lipinski definition) is 10. The first kappa shape index (κ1) is 59.7. The summed E-state index contributed by atoms with van der Waals surface area (Å²) in [6.07, 6.45) is -6.98. The van der Waals surface area contributed by atoms with Crippen molar-refractivity contribution >= 4 is 47.1 Å². The van der Waals surface area contributed by atoms with Crippen LogP contribution in [-0.4, -0.2) is 189 Å². The number of rotatable bonds is 34. The third kappa shape index (κ3) is 22.4. The standard InChI is InChI=1S/C43H77N7O16/c1-9-13-30(49-40(58)29(11-3)48-43(61)37-36(55)35(54)34(53)31(66-37)24-45-32(52)12-4)41(59)50-33(25(5)6)42(60)47-28(10-2)39(57)46-27(8)38(56)44-15-17-63-19-21-65-23-22-64-20-18-62-16-14-26(7)51/h25,27-31,33-37,53-55H,9-24H2,1-8H3,(H,44,56)(H,45,52)(H,46,57)(H,47,60)(H,48,61)(H,49,58)(H,50,59)/t27-,28-,29-,30-,31?,33-,34?,35?,36?,37?/m0/s1. The number of amides is 7. The molecule has 0 aliphatic carbocycles. The Balaban J connectivity index is 2.67. The summed E-state index contributed by atoms with van der Waals surface area (Å²) in [6.45, 7) is 15.6. The van der Waals surface area contributed by atoms with Crippen LogP contribution in [0.1, 0.15) is 93.9 Å². The average Bonchev–Trinajstić information content (AvgIpc) is 3.28. The predicted octanol–water partition coefficient (Wildman–Crippen LogP) is -2.76. The quantitative estimate of drug-likeness (QED) is 0.0292. The molecule has 0 spiro atoms. The minimum absolute atomic E-state index is 0.0339. The molecule has 1 saturated heterocycles. The minimum Gasteiger partial charge on any atom is -0.388 e. The second-order valence-corrected chi connectivity index (χ2v) is 16.2. The van der Waals surface area contributed by atoms with E-state index in [1.165, 1.54) is 13.8 Å². The van der Waals surface area contributed by atoms with Crippen LogP contribution in [0, 0.1) is 5.92 Å². The van der Waals surface area contributed by atoms with Gasteiger partial charge >= 0.3 is 0 Å². The lowest BCUT2D eigenvalue weighted by atomic mass is 9.94. The van der Waals surface area contributed by atoms with Gasteiger partial charge in [0.2, 0.25) is 35.4 Å². The zero-order valence-corrected chi connectivity index (χ0v) is 39.8. The maximum atomic E-state index is 13.6. The number of aliphatic hydroxyl groups is 3. The van der Waals surface area contributed by atoms with Crippen molar-refractivity contribution < 1.29 is 77.4 Å². The summed E-state index contributed by atoms with van der Waals surface area (Å²) < 4.78 is 27.1. The fourth-order valence-corrected chi connectivity index (χ4v) is 6.27. The number of carbonyl (C=O) groups is 8. The van der Waals surface area contributed by atoms with E-state index >= 15 is 0 Å². The fourth-order valence-electron chi connectivity index (χ4n) is 6.27. The van der Waals surface area contributed by atoms with Crippen molar-refractivity contribution in [3.63, 3.8) is 0 Å². The van der Waals surface area contributed by atoms with E-state index in [-0.39, 0.29) is 63.7 Å². The van der Waals surface area contributed by atoms with Gasteiger partial charge in [0, 0.05) is 25.9 Å². The Morgan fingerprint density at radius 3 is 1.62 bits per heavy atom. The molecule has 380 valence electrons. The van der Waals surface area contributed by atoms with E-state index in [1.54, 1.807) is 41.5 Å². The normalized spacial score (nSPS) is 20.5. The first-order chi connectivity index (χ1) is 31.3. The molecule has 0 aromatic rings. The van der Waals surface area contributed by atoms with E-state index in [1.807, 2.05) is 0 Å². The van der Waals surface area contributed by atoms with E-state index in [2.05, 4.69) is 37.2 Å². The zero-order valence-electron chi connectivity index (χ0n) is 39.8. The molecule has 10 N–H and O–H groups in total. The SMILES string of the molecule is CCC[C@H](NC(=O)[C@H](CC)NC(=O)C1OC(CNC(=O)CC)C(O)C(O)C1O)C(=O)N[C@H](C(=O)N[C@@H](CC)C(=O)N[C@@H](C)C(=O)NCCOCCOCCOCCOCCC(C)=O)C(C)C. The van der Waals surface area contributed by atoms with Gasteiger partial charge in [0.1, 0.15) is 60.4 Å². The van der Waals surface area contributed by atoms with Crippen LogP contribution in [0.25, 0.3) is 0 Å². The number of carbonyl (C=O) groups excluding carboxylic acids is 8. The molecule has 1 heterocycles. The predicted molar refractivity (Wildman–Crippen MR) is 237 cm³/mol. The molecule has 0 saturated carbocycles. The molecule has 23 nitrogen and oxygen atoms in total. The van der Waals surface area contributed by atoms with Gasteiger partial charge in [0.05, 0.1) is 52.9 Å². The van der Waals surface area contributed by atoms with Crippen molar-refractivity contribution in [3.05, 3.63) is 0 Å². The van der Waals surface area contributed by atoms with Crippen molar-refractivity contribution in [3.8, 4) is 0 Å². The summed E-state index contributed by atoms with van der Waals surface area (Å²) in [5.74, 6) is -5.00. The fraction of sp³-hybridized carbons (Fsp3) is 0.814. The molecule has 0 aromatic heterocycles. The Kier molecular flexibility index (Phi) is 30.0. The van der Waals surface area contributed by atoms with Crippen LogP contribution in [-0.2, 0) is 62.0 Å². The topological polar surface area (TPSA) is 328 Å². The van der Waals surface area contributed by atoms with Gasteiger partial charge in [-0.1, -0.05) is 48.0 Å². The zero-order chi connectivity index (χ0) is 49.8. The van der Waals surface area contributed by atoms with Crippen LogP contribution in [0.2, 0.25) is 0 Å². The summed E-state index contributed by atoms with van der Waals surface area (Å²) in [7, 11) is 0. The van der Waals surface area contributed by atoms with Crippen LogP contribution >= 0.6 is 0 Å². The highest BCUT2D eigenvalue weighted by molar-refractivity contribution is 5.96. The van der Waals surface area contributed by atoms with Crippen molar-refractivity contribution in [2.24, 2.45) is 5.92 Å². The van der Waals surface area contributed by atoms with Crippen molar-refractivity contribution in [2.45, 2.75) is 155 Å². The summed E-state index contributed by atoms with van der Waals surface area (Å²) in [5, 5.41) is 49.5. The summed E-state index contributed by atoms with van der Waals surface area (Å²) in [5.41, 5.74) is 0. The van der Waals surface area contributed by atoms with Gasteiger partial charge in [-0.25, -0.2) is 0 Å². The Labute approximate surface area is 387 Å². The van der Waals surface area contributed by atoms with E-state index in [4.69, 9.17) is 23.7 Å². The Morgan fingerprint density at radius 2 is 1.09 bits per heavy atom. The molecule has 1 aliphatic rings. The highest BCUT2D eigenvalue weighted by Crippen LogP contribution is 2.22. The molecule has 0 bridgehead atoms. The number of Topliss-reactive ketones (excluding diaryl/α,β-unsaturated/α-hetero) is 1. The van der Waals surface area contributed by atoms with Crippen LogP contribution < -0.4 is 37.2 Å². The molecule has 0 radical (unpaired) electrons. The van der Waals surface area contributed by atoms with Crippen molar-refractivity contribution in [1.29, 1.82) is 0 Å². The van der Waals surface area contributed by atoms with Crippen LogP contribution in [0.4, 0.5) is 0 Å². The van der Waals surface area contributed by atoms with Gasteiger partial charge in [-0.05, 0) is 39.0 Å². The molecule has 1 aliphatic heterocycles. The molecule has 1 rings (SSSR count). The van der Waals surface area contributed by atoms with Gasteiger partial charge in [-0.15, -0.1) is 0 Å². The maximum absolute atomic E-state index is 13.6. The smallest absolute Gasteiger partial charge is 0.252 e. The molecule has 7 amide bonds. The number of ketones is 1. The van der Waals surface area contributed by atoms with Crippen molar-refractivity contribution in [1.82, 2.24) is 37.2 Å². The Hall–Kier alpha value is -4.36. The van der Waals surface area contributed by atoms with Gasteiger partial charge in [-0.3, -0.25) is 38.4 Å². The molecule has 5 unspecified atom stereocenters. The van der Waals surface area contributed by atoms with Crippen LogP contribution in [0.5, 0.6) is 0 Å². The number of aliphatic hydroxyl groups excluding tert-OH is 3. The third-order valence-corrected chi connectivity index (χ3v) is 10.3. The van der Waals surface area contributed by atoms with Gasteiger partial charge in [-0.2, -0.15) is 0 Å². The van der Waals surface area contributed by atoms with Crippen LogP contribution in [0.15, 0.2) is 0 Å². The lowest BCUT2D eigenvalue weighted by molar-refractivity contribution is -0.219. The largest absolute Gasteiger partial charge is 0.388 e. The summed E-state index contributed by atoms with van der Waals surface area (Å²) >= 11 is 0. The van der Waals surface area contributed by atoms with Gasteiger partial charge < -0.3 is 76.2 Å². The van der Waals surface area contributed by atoms with Crippen LogP contribution in [0.3, 0.4) is 0 Å². The Morgan fingerprint density at radius 1 is 0.576 bits per heavy atom.